The molecule has 8 nitrogen and oxygen atoms in total. The van der Waals surface area contributed by atoms with E-state index in [2.05, 4.69) is 26.2 Å². The molecule has 0 bridgehead atoms. The second kappa shape index (κ2) is 4.51. The molecule has 16 heavy (non-hydrogen) atoms. The summed E-state index contributed by atoms with van der Waals surface area (Å²) in [6.07, 6.45) is 3.30. The molecule has 0 atom stereocenters. The minimum absolute atomic E-state index is 0.0369. The molecule has 0 aliphatic carbocycles. The van der Waals surface area contributed by atoms with Crippen LogP contribution in [0.5, 0.6) is 0 Å². The van der Waals surface area contributed by atoms with Crippen molar-refractivity contribution in [1.82, 2.24) is 25.7 Å². The second-order valence-electron chi connectivity index (χ2n) is 3.19. The van der Waals surface area contributed by atoms with Crippen LogP contribution >= 0.6 is 0 Å². The summed E-state index contributed by atoms with van der Waals surface area (Å²) in [6.45, 7) is 0.940. The Bertz CT molecular complexity index is 424. The third kappa shape index (κ3) is 2.41. The molecule has 8 heteroatoms. The largest absolute Gasteiger partial charge is 0.349 e. The Balaban J connectivity index is 1.74. The molecule has 1 aromatic heterocycles. The van der Waals surface area contributed by atoms with Crippen molar-refractivity contribution in [2.24, 2.45) is 5.10 Å². The average molecular weight is 222 g/mol. The van der Waals surface area contributed by atoms with Crippen LogP contribution in [0.3, 0.4) is 0 Å². The number of rotatable bonds is 4. The van der Waals surface area contributed by atoms with Gasteiger partial charge in [0.1, 0.15) is 5.71 Å². The molecule has 2 heterocycles. The molecule has 0 fully saturated rings. The maximum absolute atomic E-state index is 11.4. The Morgan fingerprint density at radius 1 is 1.62 bits per heavy atom. The number of hydrogen-bond donors (Lipinski definition) is 2. The molecule has 0 saturated heterocycles. The zero-order valence-corrected chi connectivity index (χ0v) is 8.38. The van der Waals surface area contributed by atoms with Crippen LogP contribution in [0.4, 0.5) is 0 Å². The molecule has 84 valence electrons. The highest BCUT2D eigenvalue weighted by Gasteiger charge is 2.20. The van der Waals surface area contributed by atoms with E-state index in [1.54, 1.807) is 17.1 Å². The van der Waals surface area contributed by atoms with Gasteiger partial charge in [-0.2, -0.15) is 5.10 Å². The van der Waals surface area contributed by atoms with Crippen LogP contribution in [-0.4, -0.2) is 39.1 Å². The topological polar surface area (TPSA) is 101 Å². The zero-order chi connectivity index (χ0) is 11.4. The summed E-state index contributed by atoms with van der Waals surface area (Å²) >= 11 is 0. The lowest BCUT2D eigenvalue weighted by Gasteiger charge is -2.03. The quantitative estimate of drug-likeness (QED) is 0.632. The molecule has 0 radical (unpaired) electrons. The monoisotopic (exact) mass is 222 g/mol. The van der Waals surface area contributed by atoms with Crippen molar-refractivity contribution in [3.05, 3.63) is 12.4 Å². The summed E-state index contributed by atoms with van der Waals surface area (Å²) in [5, 5.41) is 13.6. The van der Waals surface area contributed by atoms with Gasteiger partial charge in [-0.3, -0.25) is 14.3 Å². The summed E-state index contributed by atoms with van der Waals surface area (Å²) < 4.78 is 1.60. The molecule has 2 N–H and O–H groups in total. The van der Waals surface area contributed by atoms with E-state index in [1.807, 2.05) is 0 Å². The van der Waals surface area contributed by atoms with E-state index in [-0.39, 0.29) is 23.9 Å². The highest BCUT2D eigenvalue weighted by molar-refractivity contribution is 6.43. The summed E-state index contributed by atoms with van der Waals surface area (Å²) in [4.78, 5) is 22.2. The number of hydrazone groups is 1. The molecule has 1 aliphatic heterocycles. The molecular weight excluding hydrogens is 212 g/mol. The van der Waals surface area contributed by atoms with Gasteiger partial charge < -0.3 is 5.32 Å². The van der Waals surface area contributed by atoms with Crippen molar-refractivity contribution < 1.29 is 9.59 Å². The molecule has 1 aliphatic rings. The van der Waals surface area contributed by atoms with Crippen LogP contribution in [-0.2, 0) is 16.1 Å². The molecule has 0 aromatic carbocycles. The molecular formula is C8H10N6O2. The van der Waals surface area contributed by atoms with E-state index in [0.717, 1.165) is 0 Å². The van der Waals surface area contributed by atoms with Crippen LogP contribution < -0.4 is 10.7 Å². The smallest absolute Gasteiger partial charge is 0.268 e. The van der Waals surface area contributed by atoms with Gasteiger partial charge in [-0.1, -0.05) is 5.21 Å². The van der Waals surface area contributed by atoms with Crippen LogP contribution in [0.25, 0.3) is 0 Å². The molecule has 0 unspecified atom stereocenters. The Kier molecular flexibility index (Phi) is 2.90. The van der Waals surface area contributed by atoms with Gasteiger partial charge >= 0.3 is 0 Å². The minimum Gasteiger partial charge on any atom is -0.349 e. The van der Waals surface area contributed by atoms with E-state index in [4.69, 9.17) is 0 Å². The normalized spacial score (nSPS) is 14.5. The molecule has 0 saturated carbocycles. The first kappa shape index (κ1) is 10.3. The minimum atomic E-state index is -0.335. The van der Waals surface area contributed by atoms with Gasteiger partial charge in [-0.25, -0.2) is 5.43 Å². The van der Waals surface area contributed by atoms with E-state index in [0.29, 0.717) is 13.1 Å². The number of nitrogens with zero attached hydrogens (tertiary/aromatic N) is 4. The Hall–Kier alpha value is -2.25. The van der Waals surface area contributed by atoms with Crippen molar-refractivity contribution >= 4 is 17.5 Å². The molecule has 2 amide bonds. The van der Waals surface area contributed by atoms with Crippen LogP contribution in [0, 0.1) is 0 Å². The maximum atomic E-state index is 11.4. The Morgan fingerprint density at radius 3 is 3.12 bits per heavy atom. The number of amides is 2. The summed E-state index contributed by atoms with van der Waals surface area (Å²) in [7, 11) is 0. The van der Waals surface area contributed by atoms with Crippen LogP contribution in [0.1, 0.15) is 6.42 Å². The Labute approximate surface area is 90.7 Å². The second-order valence-corrected chi connectivity index (χ2v) is 3.19. The fraction of sp³-hybridized carbons (Fsp3) is 0.375. The lowest BCUT2D eigenvalue weighted by Crippen LogP contribution is -2.33. The number of aromatic nitrogens is 3. The molecule has 1 aromatic rings. The van der Waals surface area contributed by atoms with Gasteiger partial charge in [-0.05, 0) is 0 Å². The summed E-state index contributed by atoms with van der Waals surface area (Å²) in [5.74, 6) is -0.597. The van der Waals surface area contributed by atoms with Gasteiger partial charge in [-0.15, -0.1) is 5.10 Å². The van der Waals surface area contributed by atoms with Crippen molar-refractivity contribution in [3.63, 3.8) is 0 Å². The predicted octanol–water partition coefficient (Wildman–Crippen LogP) is -1.73. The van der Waals surface area contributed by atoms with E-state index >= 15 is 0 Å². The lowest BCUT2D eigenvalue weighted by molar-refractivity contribution is -0.120. The fourth-order valence-corrected chi connectivity index (χ4v) is 1.23. The average Bonchev–Trinajstić information content (AvgIpc) is 2.89. The third-order valence-corrected chi connectivity index (χ3v) is 2.00. The van der Waals surface area contributed by atoms with Crippen molar-refractivity contribution in [3.8, 4) is 0 Å². The number of carbonyl (C=O) groups excluding carboxylic acids is 2. The highest BCUT2D eigenvalue weighted by Crippen LogP contribution is 1.94. The number of carbonyl (C=O) groups is 2. The van der Waals surface area contributed by atoms with Crippen LogP contribution in [0.15, 0.2) is 17.5 Å². The van der Waals surface area contributed by atoms with Gasteiger partial charge in [0.2, 0.25) is 5.91 Å². The Morgan fingerprint density at radius 2 is 2.50 bits per heavy atom. The maximum Gasteiger partial charge on any atom is 0.268 e. The van der Waals surface area contributed by atoms with E-state index in [9.17, 15) is 9.59 Å². The molecule has 0 spiro atoms. The lowest BCUT2D eigenvalue weighted by atomic mass is 10.2. The third-order valence-electron chi connectivity index (χ3n) is 2.00. The van der Waals surface area contributed by atoms with Gasteiger partial charge in [0.05, 0.1) is 19.2 Å². The van der Waals surface area contributed by atoms with Crippen molar-refractivity contribution in [2.75, 3.05) is 6.54 Å². The first-order valence-corrected chi connectivity index (χ1v) is 4.73. The fourth-order valence-electron chi connectivity index (χ4n) is 1.23. The summed E-state index contributed by atoms with van der Waals surface area (Å²) in [6, 6.07) is 0. The predicted molar refractivity (Wildman–Crippen MR) is 53.2 cm³/mol. The van der Waals surface area contributed by atoms with E-state index < -0.39 is 0 Å². The van der Waals surface area contributed by atoms with Crippen molar-refractivity contribution in [2.45, 2.75) is 13.0 Å². The standard InChI is InChI=1S/C8H10N6O2/c15-7-5-6(11-12-7)8(16)9-1-3-14-4-2-10-13-14/h2,4H,1,3,5H2,(H,9,16)(H,12,15). The van der Waals surface area contributed by atoms with Crippen LogP contribution in [0.2, 0.25) is 0 Å². The van der Waals surface area contributed by atoms with Gasteiger partial charge in [0, 0.05) is 12.7 Å². The first-order chi connectivity index (χ1) is 7.75. The molecule has 2 rings (SSSR count). The highest BCUT2D eigenvalue weighted by atomic mass is 16.2. The summed E-state index contributed by atoms with van der Waals surface area (Å²) in [5.41, 5.74) is 2.43. The van der Waals surface area contributed by atoms with Crippen molar-refractivity contribution in [1.29, 1.82) is 0 Å². The van der Waals surface area contributed by atoms with E-state index in [1.165, 1.54) is 0 Å². The zero-order valence-electron chi connectivity index (χ0n) is 8.38. The van der Waals surface area contributed by atoms with Gasteiger partial charge in [0.15, 0.2) is 0 Å². The number of hydrogen-bond acceptors (Lipinski definition) is 5. The first-order valence-electron chi connectivity index (χ1n) is 4.73. The van der Waals surface area contributed by atoms with Gasteiger partial charge in [0.25, 0.3) is 5.91 Å². The SMILES string of the molecule is O=C1CC(C(=O)NCCn2ccnn2)=NN1. The number of nitrogens with one attached hydrogen (secondary N) is 2.